The molecule has 0 aliphatic heterocycles. The number of aliphatic hydroxyl groups is 1. The first-order valence-electron chi connectivity index (χ1n) is 5.33. The Morgan fingerprint density at radius 2 is 1.93 bits per heavy atom. The molecule has 2 unspecified atom stereocenters. The van der Waals surface area contributed by atoms with Crippen molar-refractivity contribution in [2.24, 2.45) is 5.92 Å². The van der Waals surface area contributed by atoms with Gasteiger partial charge in [0.1, 0.15) is 5.76 Å². The van der Waals surface area contributed by atoms with Gasteiger partial charge in [-0.3, -0.25) is 0 Å². The summed E-state index contributed by atoms with van der Waals surface area (Å²) in [6.45, 7) is 14.2. The molecule has 0 aromatic carbocycles. The third kappa shape index (κ3) is 6.97. The average molecular weight is 210 g/mol. The van der Waals surface area contributed by atoms with Gasteiger partial charge in [-0.15, -0.1) is 0 Å². The third-order valence-corrected chi connectivity index (χ3v) is 2.34. The summed E-state index contributed by atoms with van der Waals surface area (Å²) < 4.78 is 5.63. The van der Waals surface area contributed by atoms with Gasteiger partial charge < -0.3 is 9.84 Å². The van der Waals surface area contributed by atoms with Crippen molar-refractivity contribution in [3.8, 4) is 0 Å². The number of ether oxygens (including phenoxy) is 1. The monoisotopic (exact) mass is 210 g/mol. The second-order valence-electron chi connectivity index (χ2n) is 3.89. The molecule has 0 rings (SSSR count). The molecule has 0 aliphatic carbocycles. The zero-order valence-electron chi connectivity index (χ0n) is 9.99. The van der Waals surface area contributed by atoms with Crippen LogP contribution < -0.4 is 0 Å². The second kappa shape index (κ2) is 7.30. The number of allylic oxidation sites excluding steroid dienone is 1. The summed E-state index contributed by atoms with van der Waals surface area (Å²) in [5.41, 5.74) is 0.841. The summed E-state index contributed by atoms with van der Waals surface area (Å²) in [5, 5.41) is 8.88. The zero-order valence-corrected chi connectivity index (χ0v) is 9.99. The van der Waals surface area contributed by atoms with Gasteiger partial charge in [0.15, 0.2) is 0 Å². The third-order valence-electron chi connectivity index (χ3n) is 2.34. The topological polar surface area (TPSA) is 29.5 Å². The lowest BCUT2D eigenvalue weighted by Crippen LogP contribution is -2.14. The van der Waals surface area contributed by atoms with E-state index in [0.29, 0.717) is 5.92 Å². The van der Waals surface area contributed by atoms with E-state index in [9.17, 15) is 0 Å². The van der Waals surface area contributed by atoms with Crippen LogP contribution in [0.5, 0.6) is 0 Å². The largest absolute Gasteiger partial charge is 0.509 e. The molecule has 0 aliphatic rings. The molecule has 0 amide bonds. The molecule has 0 spiro atoms. The molecule has 0 aromatic rings. The minimum absolute atomic E-state index is 0.0189. The maximum atomic E-state index is 8.88. The van der Waals surface area contributed by atoms with Gasteiger partial charge in [0.05, 0.1) is 6.10 Å². The van der Waals surface area contributed by atoms with E-state index in [4.69, 9.17) is 9.84 Å². The van der Waals surface area contributed by atoms with Crippen molar-refractivity contribution in [2.75, 3.05) is 6.61 Å². The first kappa shape index (κ1) is 14.0. The maximum absolute atomic E-state index is 8.88. The quantitative estimate of drug-likeness (QED) is 0.513. The van der Waals surface area contributed by atoms with E-state index in [1.54, 1.807) is 6.08 Å². The molecule has 86 valence electrons. The smallest absolute Gasteiger partial charge is 0.108 e. The Kier molecular flexibility index (Phi) is 6.80. The highest BCUT2D eigenvalue weighted by atomic mass is 16.5. The molecular formula is C13H22O2. The Morgan fingerprint density at radius 3 is 2.40 bits per heavy atom. The molecule has 2 heteroatoms. The average Bonchev–Trinajstić information content (AvgIpc) is 2.21. The molecule has 0 saturated heterocycles. The highest BCUT2D eigenvalue weighted by Crippen LogP contribution is 2.10. The first-order valence-corrected chi connectivity index (χ1v) is 5.33. The van der Waals surface area contributed by atoms with Gasteiger partial charge in [0.2, 0.25) is 0 Å². The van der Waals surface area contributed by atoms with Crippen LogP contribution in [0.2, 0.25) is 0 Å². The SMILES string of the molecule is C=C(O)/C=C\C(=C)C(C)OCC(C)CC. The van der Waals surface area contributed by atoms with Crippen LogP contribution in [0.3, 0.4) is 0 Å². The van der Waals surface area contributed by atoms with Crippen molar-refractivity contribution in [1.29, 1.82) is 0 Å². The van der Waals surface area contributed by atoms with Crippen LogP contribution in [0.1, 0.15) is 27.2 Å². The fraction of sp³-hybridized carbons (Fsp3) is 0.538. The Bertz CT molecular complexity index is 241. The van der Waals surface area contributed by atoms with E-state index >= 15 is 0 Å². The molecule has 1 N–H and O–H groups in total. The van der Waals surface area contributed by atoms with Crippen molar-refractivity contribution in [3.63, 3.8) is 0 Å². The fourth-order valence-corrected chi connectivity index (χ4v) is 0.872. The van der Waals surface area contributed by atoms with Crippen LogP contribution in [0, 0.1) is 5.92 Å². The predicted octanol–water partition coefficient (Wildman–Crippen LogP) is 3.62. The van der Waals surface area contributed by atoms with Gasteiger partial charge in [0.25, 0.3) is 0 Å². The van der Waals surface area contributed by atoms with E-state index in [1.165, 1.54) is 6.08 Å². The number of rotatable bonds is 7. The van der Waals surface area contributed by atoms with E-state index in [0.717, 1.165) is 18.6 Å². The highest BCUT2D eigenvalue weighted by Gasteiger charge is 2.06. The number of hydrogen-bond acceptors (Lipinski definition) is 2. The first-order chi connectivity index (χ1) is 6.97. The predicted molar refractivity (Wildman–Crippen MR) is 64.9 cm³/mol. The maximum Gasteiger partial charge on any atom is 0.108 e. The van der Waals surface area contributed by atoms with Crippen LogP contribution in [0.4, 0.5) is 0 Å². The minimum Gasteiger partial charge on any atom is -0.509 e. The Morgan fingerprint density at radius 1 is 1.33 bits per heavy atom. The van der Waals surface area contributed by atoms with Gasteiger partial charge in [-0.05, 0) is 24.5 Å². The molecular weight excluding hydrogens is 188 g/mol. The summed E-state index contributed by atoms with van der Waals surface area (Å²) >= 11 is 0. The van der Waals surface area contributed by atoms with Crippen molar-refractivity contribution in [1.82, 2.24) is 0 Å². The summed E-state index contributed by atoms with van der Waals surface area (Å²) in [4.78, 5) is 0. The van der Waals surface area contributed by atoms with Crippen LogP contribution in [0.15, 0.2) is 36.6 Å². The number of hydrogen-bond donors (Lipinski definition) is 1. The lowest BCUT2D eigenvalue weighted by Gasteiger charge is -2.16. The normalized spacial score (nSPS) is 15.1. The van der Waals surface area contributed by atoms with E-state index in [-0.39, 0.29) is 11.9 Å². The van der Waals surface area contributed by atoms with E-state index < -0.39 is 0 Å². The van der Waals surface area contributed by atoms with Crippen LogP contribution in [-0.2, 0) is 4.74 Å². The van der Waals surface area contributed by atoms with Gasteiger partial charge >= 0.3 is 0 Å². The molecule has 0 aromatic heterocycles. The van der Waals surface area contributed by atoms with E-state index in [1.807, 2.05) is 6.92 Å². The Hall–Kier alpha value is -1.02. The van der Waals surface area contributed by atoms with Crippen molar-refractivity contribution >= 4 is 0 Å². The summed E-state index contributed by atoms with van der Waals surface area (Å²) in [7, 11) is 0. The highest BCUT2D eigenvalue weighted by molar-refractivity contribution is 5.23. The number of aliphatic hydroxyl groups excluding tert-OH is 1. The van der Waals surface area contributed by atoms with Crippen LogP contribution in [0.25, 0.3) is 0 Å². The summed E-state index contributed by atoms with van der Waals surface area (Å²) in [6.07, 6.45) is 4.34. The minimum atomic E-state index is -0.0189. The Balaban J connectivity index is 3.94. The molecule has 2 nitrogen and oxygen atoms in total. The molecule has 0 saturated carbocycles. The van der Waals surface area contributed by atoms with Crippen molar-refractivity contribution < 1.29 is 9.84 Å². The van der Waals surface area contributed by atoms with Crippen LogP contribution in [-0.4, -0.2) is 17.8 Å². The second-order valence-corrected chi connectivity index (χ2v) is 3.89. The molecule has 0 radical (unpaired) electrons. The van der Waals surface area contributed by atoms with Gasteiger partial charge in [-0.1, -0.05) is 39.5 Å². The summed E-state index contributed by atoms with van der Waals surface area (Å²) in [5.74, 6) is 0.599. The van der Waals surface area contributed by atoms with Crippen molar-refractivity contribution in [3.05, 3.63) is 36.6 Å². The fourth-order valence-electron chi connectivity index (χ4n) is 0.872. The lowest BCUT2D eigenvalue weighted by atomic mass is 10.1. The zero-order chi connectivity index (χ0) is 11.8. The van der Waals surface area contributed by atoms with Gasteiger partial charge in [-0.2, -0.15) is 0 Å². The molecule has 0 bridgehead atoms. The molecule has 0 heterocycles. The molecule has 2 atom stereocenters. The van der Waals surface area contributed by atoms with Gasteiger partial charge in [-0.25, -0.2) is 0 Å². The van der Waals surface area contributed by atoms with Crippen LogP contribution >= 0.6 is 0 Å². The van der Waals surface area contributed by atoms with E-state index in [2.05, 4.69) is 27.0 Å². The lowest BCUT2D eigenvalue weighted by molar-refractivity contribution is 0.0664. The summed E-state index contributed by atoms with van der Waals surface area (Å²) in [6, 6.07) is 0. The Labute approximate surface area is 93.0 Å². The standard InChI is InChI=1S/C13H22O2/c1-6-10(2)9-15-13(5)11(3)7-8-12(4)14/h7-8,10,13-14H,3-4,6,9H2,1-2,5H3/b8-7-. The van der Waals surface area contributed by atoms with Crippen molar-refractivity contribution in [2.45, 2.75) is 33.3 Å². The van der Waals surface area contributed by atoms with Gasteiger partial charge in [0, 0.05) is 6.61 Å². The molecule has 15 heavy (non-hydrogen) atoms. The molecule has 0 fully saturated rings.